The molecular formula is C18H28BrNO. The molecule has 0 saturated heterocycles. The van der Waals surface area contributed by atoms with Crippen LogP contribution in [0.2, 0.25) is 0 Å². The summed E-state index contributed by atoms with van der Waals surface area (Å²) in [6.07, 6.45) is 2.05. The van der Waals surface area contributed by atoms with E-state index in [-0.39, 0.29) is 17.2 Å². The first-order valence-corrected chi connectivity index (χ1v) is 8.92. The molecule has 0 aliphatic rings. The molecule has 0 saturated carbocycles. The minimum Gasteiger partial charge on any atom is -0.355 e. The molecular weight excluding hydrogens is 326 g/mol. The fourth-order valence-corrected chi connectivity index (χ4v) is 3.49. The number of hydrogen-bond donors (Lipinski definition) is 1. The van der Waals surface area contributed by atoms with Crippen LogP contribution in [0.4, 0.5) is 0 Å². The third-order valence-electron chi connectivity index (χ3n) is 4.17. The van der Waals surface area contributed by atoms with E-state index in [1.165, 1.54) is 0 Å². The van der Waals surface area contributed by atoms with Gasteiger partial charge in [0.25, 0.3) is 0 Å². The number of alkyl halides is 1. The van der Waals surface area contributed by atoms with Crippen molar-refractivity contribution in [3.05, 3.63) is 35.9 Å². The Kier molecular flexibility index (Phi) is 7.44. The van der Waals surface area contributed by atoms with Crippen molar-refractivity contribution in [1.29, 1.82) is 0 Å². The fourth-order valence-electron chi connectivity index (χ4n) is 2.41. The molecule has 1 aromatic carbocycles. The number of rotatable bonds is 8. The summed E-state index contributed by atoms with van der Waals surface area (Å²) in [5.74, 6) is 0.431. The van der Waals surface area contributed by atoms with Gasteiger partial charge in [-0.2, -0.15) is 0 Å². The molecule has 2 atom stereocenters. The molecule has 1 amide bonds. The minimum absolute atomic E-state index is 0.0593. The van der Waals surface area contributed by atoms with Crippen molar-refractivity contribution < 1.29 is 4.79 Å². The lowest BCUT2D eigenvalue weighted by atomic mass is 9.84. The molecule has 0 radical (unpaired) electrons. The van der Waals surface area contributed by atoms with Gasteiger partial charge in [0.15, 0.2) is 0 Å². The Labute approximate surface area is 137 Å². The lowest BCUT2D eigenvalue weighted by Gasteiger charge is -2.27. The monoisotopic (exact) mass is 353 g/mol. The maximum atomic E-state index is 12.7. The van der Waals surface area contributed by atoms with Crippen LogP contribution in [0.5, 0.6) is 0 Å². The summed E-state index contributed by atoms with van der Waals surface area (Å²) < 4.78 is 0. The highest BCUT2D eigenvalue weighted by Gasteiger charge is 2.27. The average Bonchev–Trinajstić information content (AvgIpc) is 2.46. The van der Waals surface area contributed by atoms with Gasteiger partial charge in [0.05, 0.1) is 5.92 Å². The number of benzene rings is 1. The van der Waals surface area contributed by atoms with Crippen LogP contribution in [0, 0.1) is 11.3 Å². The van der Waals surface area contributed by atoms with Gasteiger partial charge in [-0.05, 0) is 23.3 Å². The summed E-state index contributed by atoms with van der Waals surface area (Å²) >= 11 is 3.48. The third-order valence-corrected chi connectivity index (χ3v) is 4.56. The van der Waals surface area contributed by atoms with Crippen molar-refractivity contribution in [2.24, 2.45) is 11.3 Å². The van der Waals surface area contributed by atoms with Crippen LogP contribution in [0.3, 0.4) is 0 Å². The summed E-state index contributed by atoms with van der Waals surface area (Å²) in [6, 6.07) is 10.1. The SMILES string of the molecule is CCC(C)C(C(=O)NCC(C)(C)CCBr)c1ccccc1. The van der Waals surface area contributed by atoms with Crippen LogP contribution in [-0.2, 0) is 4.79 Å². The van der Waals surface area contributed by atoms with Crippen LogP contribution in [0.1, 0.15) is 52.0 Å². The van der Waals surface area contributed by atoms with Gasteiger partial charge in [-0.25, -0.2) is 0 Å². The Morgan fingerprint density at radius 1 is 1.29 bits per heavy atom. The van der Waals surface area contributed by atoms with Gasteiger partial charge in [-0.1, -0.05) is 80.4 Å². The van der Waals surface area contributed by atoms with Crippen LogP contribution < -0.4 is 5.32 Å². The standard InChI is InChI=1S/C18H28BrNO/c1-5-14(2)16(15-9-7-6-8-10-15)17(21)20-13-18(3,4)11-12-19/h6-10,14,16H,5,11-13H2,1-4H3,(H,20,21). The highest BCUT2D eigenvalue weighted by Crippen LogP contribution is 2.28. The Morgan fingerprint density at radius 3 is 2.43 bits per heavy atom. The number of halogens is 1. The first-order valence-electron chi connectivity index (χ1n) is 7.80. The molecule has 0 aromatic heterocycles. The molecule has 0 spiro atoms. The van der Waals surface area contributed by atoms with Crippen LogP contribution in [-0.4, -0.2) is 17.8 Å². The van der Waals surface area contributed by atoms with Gasteiger partial charge in [-0.15, -0.1) is 0 Å². The maximum absolute atomic E-state index is 12.7. The third kappa shape index (κ3) is 5.82. The zero-order valence-electron chi connectivity index (χ0n) is 13.7. The largest absolute Gasteiger partial charge is 0.355 e. The van der Waals surface area contributed by atoms with E-state index < -0.39 is 0 Å². The summed E-state index contributed by atoms with van der Waals surface area (Å²) in [5.41, 5.74) is 1.23. The van der Waals surface area contributed by atoms with E-state index in [0.717, 1.165) is 30.3 Å². The van der Waals surface area contributed by atoms with E-state index in [2.05, 4.69) is 61.1 Å². The quantitative estimate of drug-likeness (QED) is 0.671. The van der Waals surface area contributed by atoms with E-state index in [1.807, 2.05) is 18.2 Å². The highest BCUT2D eigenvalue weighted by molar-refractivity contribution is 9.09. The first kappa shape index (κ1) is 18.2. The van der Waals surface area contributed by atoms with Crippen molar-refractivity contribution in [3.8, 4) is 0 Å². The van der Waals surface area contributed by atoms with Crippen molar-refractivity contribution in [1.82, 2.24) is 5.32 Å². The molecule has 1 N–H and O–H groups in total. The molecule has 1 rings (SSSR count). The summed E-state index contributed by atoms with van der Waals surface area (Å²) in [5, 5.41) is 4.12. The second-order valence-electron chi connectivity index (χ2n) is 6.59. The number of carbonyl (C=O) groups excluding carboxylic acids is 1. The number of nitrogens with one attached hydrogen (secondary N) is 1. The molecule has 1 aromatic rings. The predicted molar refractivity (Wildman–Crippen MR) is 93.8 cm³/mol. The Morgan fingerprint density at radius 2 is 1.90 bits per heavy atom. The molecule has 3 heteroatoms. The molecule has 0 aliphatic carbocycles. The number of amides is 1. The Hall–Kier alpha value is -0.830. The highest BCUT2D eigenvalue weighted by atomic mass is 79.9. The van der Waals surface area contributed by atoms with Gasteiger partial charge in [0, 0.05) is 11.9 Å². The van der Waals surface area contributed by atoms with Crippen LogP contribution in [0.25, 0.3) is 0 Å². The summed E-state index contributed by atoms with van der Waals surface area (Å²) in [4.78, 5) is 12.7. The van der Waals surface area contributed by atoms with E-state index in [4.69, 9.17) is 0 Å². The van der Waals surface area contributed by atoms with Crippen LogP contribution >= 0.6 is 15.9 Å². The summed E-state index contributed by atoms with van der Waals surface area (Å²) in [7, 11) is 0. The van der Waals surface area contributed by atoms with E-state index in [1.54, 1.807) is 0 Å². The topological polar surface area (TPSA) is 29.1 Å². The zero-order chi connectivity index (χ0) is 15.9. The maximum Gasteiger partial charge on any atom is 0.227 e. The molecule has 21 heavy (non-hydrogen) atoms. The zero-order valence-corrected chi connectivity index (χ0v) is 15.2. The molecule has 2 nitrogen and oxygen atoms in total. The lowest BCUT2D eigenvalue weighted by Crippen LogP contribution is -2.38. The minimum atomic E-state index is -0.0593. The first-order chi connectivity index (χ1) is 9.91. The van der Waals surface area contributed by atoms with Gasteiger partial charge in [0.2, 0.25) is 5.91 Å². The molecule has 118 valence electrons. The van der Waals surface area contributed by atoms with Crippen molar-refractivity contribution >= 4 is 21.8 Å². The van der Waals surface area contributed by atoms with Gasteiger partial charge >= 0.3 is 0 Å². The van der Waals surface area contributed by atoms with Crippen molar-refractivity contribution in [3.63, 3.8) is 0 Å². The smallest absolute Gasteiger partial charge is 0.227 e. The lowest BCUT2D eigenvalue weighted by molar-refractivity contribution is -0.124. The normalized spacial score (nSPS) is 14.5. The van der Waals surface area contributed by atoms with Crippen molar-refractivity contribution in [2.45, 2.75) is 46.5 Å². The molecule has 0 aliphatic heterocycles. The average molecular weight is 354 g/mol. The second kappa shape index (κ2) is 8.57. The second-order valence-corrected chi connectivity index (χ2v) is 7.39. The van der Waals surface area contributed by atoms with E-state index >= 15 is 0 Å². The fraction of sp³-hybridized carbons (Fsp3) is 0.611. The van der Waals surface area contributed by atoms with E-state index in [0.29, 0.717) is 5.92 Å². The van der Waals surface area contributed by atoms with Crippen LogP contribution in [0.15, 0.2) is 30.3 Å². The predicted octanol–water partition coefficient (Wildman–Crippen LogP) is 4.74. The van der Waals surface area contributed by atoms with Crippen molar-refractivity contribution in [2.75, 3.05) is 11.9 Å². The van der Waals surface area contributed by atoms with Gasteiger partial charge < -0.3 is 5.32 Å². The van der Waals surface area contributed by atoms with E-state index in [9.17, 15) is 4.79 Å². The number of carbonyl (C=O) groups is 1. The molecule has 0 heterocycles. The molecule has 0 fully saturated rings. The Bertz CT molecular complexity index is 430. The molecule has 0 bridgehead atoms. The Balaban J connectivity index is 2.78. The van der Waals surface area contributed by atoms with Gasteiger partial charge in [0.1, 0.15) is 0 Å². The van der Waals surface area contributed by atoms with Gasteiger partial charge in [-0.3, -0.25) is 4.79 Å². The molecule has 2 unspecified atom stereocenters. The summed E-state index contributed by atoms with van der Waals surface area (Å²) in [6.45, 7) is 9.39. The number of hydrogen-bond acceptors (Lipinski definition) is 1.